The number of aryl methyl sites for hydroxylation is 1. The molecule has 33 heavy (non-hydrogen) atoms. The van der Waals surface area contributed by atoms with E-state index in [0.717, 1.165) is 25.0 Å². The molecule has 1 aliphatic heterocycles. The summed E-state index contributed by atoms with van der Waals surface area (Å²) in [6.07, 6.45) is -1.62. The Morgan fingerprint density at radius 2 is 1.85 bits per heavy atom. The standard InChI is InChI=1S/C24H21F3N4O2/c1-15-4-9-18(24(25,26)27)12-19(15)29-20(32)14-31-22(33)21(30-23(31)10-2-3-11-23)17-7-5-16(13-28)6-8-17/h4-9,12H,2-3,10-11,14H2,1H3,(H,29,32). The summed E-state index contributed by atoms with van der Waals surface area (Å²) in [7, 11) is 0. The van der Waals surface area contributed by atoms with Gasteiger partial charge in [-0.15, -0.1) is 0 Å². The Morgan fingerprint density at radius 1 is 1.18 bits per heavy atom. The Labute approximate surface area is 188 Å². The van der Waals surface area contributed by atoms with Gasteiger partial charge in [0.1, 0.15) is 17.9 Å². The second-order valence-electron chi connectivity index (χ2n) is 8.31. The third kappa shape index (κ3) is 4.33. The third-order valence-corrected chi connectivity index (χ3v) is 6.10. The van der Waals surface area contributed by atoms with Crippen molar-refractivity contribution in [3.8, 4) is 6.07 Å². The first-order valence-corrected chi connectivity index (χ1v) is 10.5. The van der Waals surface area contributed by atoms with Gasteiger partial charge in [-0.05, 0) is 62.4 Å². The number of anilines is 1. The van der Waals surface area contributed by atoms with E-state index in [9.17, 15) is 22.8 Å². The van der Waals surface area contributed by atoms with Crippen molar-refractivity contribution in [1.29, 1.82) is 5.26 Å². The van der Waals surface area contributed by atoms with Crippen LogP contribution in [0, 0.1) is 18.3 Å². The maximum Gasteiger partial charge on any atom is 0.416 e. The van der Waals surface area contributed by atoms with Gasteiger partial charge in [0.05, 0.1) is 17.2 Å². The van der Waals surface area contributed by atoms with E-state index in [2.05, 4.69) is 5.32 Å². The smallest absolute Gasteiger partial charge is 0.324 e. The van der Waals surface area contributed by atoms with Crippen LogP contribution in [0.4, 0.5) is 18.9 Å². The number of carbonyl (C=O) groups excluding carboxylic acids is 2. The second-order valence-corrected chi connectivity index (χ2v) is 8.31. The molecule has 2 amide bonds. The molecular formula is C24H21F3N4O2. The Morgan fingerprint density at radius 3 is 2.45 bits per heavy atom. The highest BCUT2D eigenvalue weighted by Gasteiger charge is 2.49. The van der Waals surface area contributed by atoms with Gasteiger partial charge in [-0.3, -0.25) is 14.6 Å². The minimum atomic E-state index is -4.53. The number of hydrogen-bond donors (Lipinski definition) is 1. The number of amides is 2. The lowest BCUT2D eigenvalue weighted by Gasteiger charge is -2.32. The zero-order chi connectivity index (χ0) is 23.8. The average Bonchev–Trinajstić information content (AvgIpc) is 3.35. The van der Waals surface area contributed by atoms with Crippen LogP contribution in [0.1, 0.15) is 47.9 Å². The highest BCUT2D eigenvalue weighted by molar-refractivity contribution is 6.47. The van der Waals surface area contributed by atoms with Crippen LogP contribution < -0.4 is 5.32 Å². The van der Waals surface area contributed by atoms with Crippen LogP contribution in [-0.2, 0) is 15.8 Å². The molecular weight excluding hydrogens is 433 g/mol. The number of rotatable bonds is 4. The fourth-order valence-corrected chi connectivity index (χ4v) is 4.33. The number of nitrogens with zero attached hydrogens (tertiary/aromatic N) is 3. The van der Waals surface area contributed by atoms with Gasteiger partial charge in [0.25, 0.3) is 5.91 Å². The first kappa shape index (κ1) is 22.5. The molecule has 1 spiro atoms. The molecule has 1 heterocycles. The zero-order valence-electron chi connectivity index (χ0n) is 17.9. The molecule has 0 bridgehead atoms. The Hall–Kier alpha value is -3.67. The predicted molar refractivity (Wildman–Crippen MR) is 115 cm³/mol. The summed E-state index contributed by atoms with van der Waals surface area (Å²) in [5, 5.41) is 11.5. The van der Waals surface area contributed by atoms with Crippen molar-refractivity contribution in [2.75, 3.05) is 11.9 Å². The normalized spacial score (nSPS) is 17.2. The highest BCUT2D eigenvalue weighted by Crippen LogP contribution is 2.41. The lowest BCUT2D eigenvalue weighted by Crippen LogP contribution is -2.48. The van der Waals surface area contributed by atoms with Crippen molar-refractivity contribution in [2.45, 2.75) is 44.4 Å². The Kier molecular flexibility index (Phi) is 5.70. The molecule has 2 aromatic rings. The molecule has 2 aliphatic rings. The van der Waals surface area contributed by atoms with Crippen molar-refractivity contribution in [3.05, 3.63) is 64.7 Å². The minimum absolute atomic E-state index is 0.0511. The summed E-state index contributed by atoms with van der Waals surface area (Å²) in [5.41, 5.74) is 0.0729. The molecule has 9 heteroatoms. The van der Waals surface area contributed by atoms with E-state index in [1.54, 1.807) is 31.2 Å². The molecule has 4 rings (SSSR count). The van der Waals surface area contributed by atoms with Crippen molar-refractivity contribution in [2.24, 2.45) is 4.99 Å². The van der Waals surface area contributed by atoms with Gasteiger partial charge in [-0.25, -0.2) is 0 Å². The third-order valence-electron chi connectivity index (χ3n) is 6.10. The predicted octanol–water partition coefficient (Wildman–Crippen LogP) is 4.43. The fourth-order valence-electron chi connectivity index (χ4n) is 4.33. The van der Waals surface area contributed by atoms with Gasteiger partial charge in [-0.2, -0.15) is 18.4 Å². The van der Waals surface area contributed by atoms with Crippen LogP contribution in [-0.4, -0.2) is 34.6 Å². The summed E-state index contributed by atoms with van der Waals surface area (Å²) in [4.78, 5) is 32.2. The molecule has 0 unspecified atom stereocenters. The Bertz CT molecular complexity index is 1170. The maximum absolute atomic E-state index is 13.3. The summed E-state index contributed by atoms with van der Waals surface area (Å²) in [5.74, 6) is -0.995. The zero-order valence-corrected chi connectivity index (χ0v) is 17.9. The van der Waals surface area contributed by atoms with E-state index < -0.39 is 29.2 Å². The number of benzene rings is 2. The minimum Gasteiger partial charge on any atom is -0.324 e. The lowest BCUT2D eigenvalue weighted by molar-refractivity contribution is -0.137. The first-order chi connectivity index (χ1) is 15.6. The number of hydrogen-bond acceptors (Lipinski definition) is 4. The van der Waals surface area contributed by atoms with Crippen LogP contribution in [0.5, 0.6) is 0 Å². The molecule has 0 atom stereocenters. The SMILES string of the molecule is Cc1ccc(C(F)(F)F)cc1NC(=O)CN1C(=O)C(c2ccc(C#N)cc2)=NC12CCCC2. The van der Waals surface area contributed by atoms with Crippen molar-refractivity contribution in [1.82, 2.24) is 4.90 Å². The van der Waals surface area contributed by atoms with E-state index in [1.165, 1.54) is 11.0 Å². The van der Waals surface area contributed by atoms with Gasteiger partial charge in [0, 0.05) is 11.3 Å². The van der Waals surface area contributed by atoms with Gasteiger partial charge in [0.15, 0.2) is 0 Å². The van der Waals surface area contributed by atoms with Crippen molar-refractivity contribution < 1.29 is 22.8 Å². The topological polar surface area (TPSA) is 85.6 Å². The van der Waals surface area contributed by atoms with Crippen LogP contribution in [0.15, 0.2) is 47.5 Å². The van der Waals surface area contributed by atoms with Crippen LogP contribution in [0.3, 0.4) is 0 Å². The molecule has 1 saturated carbocycles. The van der Waals surface area contributed by atoms with E-state index >= 15 is 0 Å². The summed E-state index contributed by atoms with van der Waals surface area (Å²) < 4.78 is 39.2. The van der Waals surface area contributed by atoms with Crippen molar-refractivity contribution in [3.63, 3.8) is 0 Å². The van der Waals surface area contributed by atoms with E-state index in [4.69, 9.17) is 10.3 Å². The lowest BCUT2D eigenvalue weighted by atomic mass is 10.1. The van der Waals surface area contributed by atoms with Gasteiger partial charge in [-0.1, -0.05) is 18.2 Å². The average molecular weight is 454 g/mol. The summed E-state index contributed by atoms with van der Waals surface area (Å²) >= 11 is 0. The molecule has 6 nitrogen and oxygen atoms in total. The van der Waals surface area contributed by atoms with Crippen LogP contribution >= 0.6 is 0 Å². The molecule has 0 saturated heterocycles. The van der Waals surface area contributed by atoms with Gasteiger partial charge in [0.2, 0.25) is 5.91 Å². The van der Waals surface area contributed by atoms with Crippen LogP contribution in [0.2, 0.25) is 0 Å². The monoisotopic (exact) mass is 454 g/mol. The molecule has 1 aliphatic carbocycles. The van der Waals surface area contributed by atoms with E-state index in [-0.39, 0.29) is 17.9 Å². The van der Waals surface area contributed by atoms with Crippen LogP contribution in [0.25, 0.3) is 0 Å². The number of halogens is 3. The molecule has 1 fully saturated rings. The molecule has 170 valence electrons. The fraction of sp³-hybridized carbons (Fsp3) is 0.333. The molecule has 2 aromatic carbocycles. The van der Waals surface area contributed by atoms with E-state index in [1.807, 2.05) is 6.07 Å². The molecule has 1 N–H and O–H groups in total. The number of carbonyl (C=O) groups is 2. The summed E-state index contributed by atoms with van der Waals surface area (Å²) in [6, 6.07) is 11.7. The maximum atomic E-state index is 13.3. The molecule has 0 radical (unpaired) electrons. The highest BCUT2D eigenvalue weighted by atomic mass is 19.4. The van der Waals surface area contributed by atoms with Gasteiger partial charge >= 0.3 is 6.18 Å². The quantitative estimate of drug-likeness (QED) is 0.742. The largest absolute Gasteiger partial charge is 0.416 e. The molecule has 0 aromatic heterocycles. The van der Waals surface area contributed by atoms with Gasteiger partial charge < -0.3 is 10.2 Å². The Balaban J connectivity index is 1.57. The first-order valence-electron chi connectivity index (χ1n) is 10.5. The van der Waals surface area contributed by atoms with Crippen molar-refractivity contribution >= 4 is 23.2 Å². The number of alkyl halides is 3. The number of nitrogens with one attached hydrogen (secondary N) is 1. The number of aliphatic imine (C=N–C) groups is 1. The number of nitriles is 1. The second kappa shape index (κ2) is 8.35. The summed E-state index contributed by atoms with van der Waals surface area (Å²) in [6.45, 7) is 1.28. The van der Waals surface area contributed by atoms with E-state index in [0.29, 0.717) is 29.5 Å².